The molecule has 0 amide bonds. The zero-order valence-corrected chi connectivity index (χ0v) is 6.56. The van der Waals surface area contributed by atoms with Crippen molar-refractivity contribution in [2.75, 3.05) is 0 Å². The third-order valence-corrected chi connectivity index (χ3v) is 1.95. The highest BCUT2D eigenvalue weighted by molar-refractivity contribution is 5.63. The Hall–Kier alpha value is -1.32. The summed E-state index contributed by atoms with van der Waals surface area (Å²) < 4.78 is 1.41. The van der Waals surface area contributed by atoms with E-state index in [0.717, 1.165) is 5.69 Å². The van der Waals surface area contributed by atoms with E-state index in [9.17, 15) is 9.90 Å². The first kappa shape index (κ1) is 7.34. The quantitative estimate of drug-likeness (QED) is 0.607. The molecule has 0 saturated heterocycles. The van der Waals surface area contributed by atoms with Crippen LogP contribution in [0.1, 0.15) is 24.5 Å². The fourth-order valence-electron chi connectivity index (χ4n) is 1.19. The van der Waals surface area contributed by atoms with Gasteiger partial charge >= 0.3 is 0 Å². The van der Waals surface area contributed by atoms with Crippen LogP contribution in [0.2, 0.25) is 0 Å². The summed E-state index contributed by atoms with van der Waals surface area (Å²) in [6.07, 6.45) is 4.05. The Morgan fingerprint density at radius 3 is 3.08 bits per heavy atom. The van der Waals surface area contributed by atoms with E-state index in [0.29, 0.717) is 5.92 Å². The summed E-state index contributed by atoms with van der Waals surface area (Å²) >= 11 is 0. The first-order chi connectivity index (χ1) is 5.75. The minimum Gasteiger partial charge on any atom is -0.548 e. The van der Waals surface area contributed by atoms with E-state index < -0.39 is 5.97 Å². The zero-order valence-electron chi connectivity index (χ0n) is 6.56. The Morgan fingerprint density at radius 1 is 1.75 bits per heavy atom. The van der Waals surface area contributed by atoms with Gasteiger partial charge in [0.05, 0.1) is 18.2 Å². The maximum Gasteiger partial charge on any atom is 0.0804 e. The summed E-state index contributed by atoms with van der Waals surface area (Å²) in [5.74, 6) is -0.520. The molecule has 1 heterocycles. The Balaban J connectivity index is 2.07. The standard InChI is InChI=1S/C8H10N2O2/c11-8(12)5-10-4-3-7(9-10)6-1-2-6/h3-4,6H,1-2,5H2,(H,11,12)/p-1. The molecule has 12 heavy (non-hydrogen) atoms. The molecule has 0 spiro atoms. The van der Waals surface area contributed by atoms with Crippen molar-refractivity contribution >= 4 is 5.97 Å². The molecule has 0 unspecified atom stereocenters. The zero-order chi connectivity index (χ0) is 8.55. The largest absolute Gasteiger partial charge is 0.548 e. The second kappa shape index (κ2) is 2.62. The van der Waals surface area contributed by atoms with Crippen molar-refractivity contribution in [2.45, 2.75) is 25.3 Å². The highest BCUT2D eigenvalue weighted by atomic mass is 16.4. The van der Waals surface area contributed by atoms with Gasteiger partial charge in [-0.15, -0.1) is 0 Å². The van der Waals surface area contributed by atoms with Crippen molar-refractivity contribution in [1.82, 2.24) is 9.78 Å². The maximum absolute atomic E-state index is 10.2. The van der Waals surface area contributed by atoms with Gasteiger partial charge in [-0.1, -0.05) is 0 Å². The molecule has 64 valence electrons. The minimum atomic E-state index is -1.10. The molecule has 0 aliphatic heterocycles. The number of nitrogens with zero attached hydrogens (tertiary/aromatic N) is 2. The highest BCUT2D eigenvalue weighted by Gasteiger charge is 2.25. The van der Waals surface area contributed by atoms with Gasteiger partial charge in [0.25, 0.3) is 0 Å². The van der Waals surface area contributed by atoms with Crippen LogP contribution < -0.4 is 5.11 Å². The number of hydrogen-bond acceptors (Lipinski definition) is 3. The van der Waals surface area contributed by atoms with Gasteiger partial charge < -0.3 is 9.90 Å². The predicted molar refractivity (Wildman–Crippen MR) is 39.2 cm³/mol. The first-order valence-corrected chi connectivity index (χ1v) is 3.99. The monoisotopic (exact) mass is 165 g/mol. The van der Waals surface area contributed by atoms with Gasteiger partial charge in [0, 0.05) is 12.1 Å². The molecule has 1 saturated carbocycles. The Labute approximate surface area is 69.8 Å². The SMILES string of the molecule is O=C([O-])Cn1ccc(C2CC2)n1. The number of carboxylic acid groups (broad SMARTS) is 1. The molecule has 2 rings (SSSR count). The van der Waals surface area contributed by atoms with Gasteiger partial charge in [0.15, 0.2) is 0 Å². The average Bonchev–Trinajstić information content (AvgIpc) is 2.73. The average molecular weight is 165 g/mol. The summed E-state index contributed by atoms with van der Waals surface area (Å²) in [5.41, 5.74) is 1.01. The molecule has 0 N–H and O–H groups in total. The summed E-state index contributed by atoms with van der Waals surface area (Å²) in [6.45, 7) is -0.146. The number of carbonyl (C=O) groups excluding carboxylic acids is 1. The van der Waals surface area contributed by atoms with Crippen molar-refractivity contribution in [3.8, 4) is 0 Å². The third kappa shape index (κ3) is 1.47. The van der Waals surface area contributed by atoms with Crippen molar-refractivity contribution < 1.29 is 9.90 Å². The lowest BCUT2D eigenvalue weighted by Gasteiger charge is -2.00. The summed E-state index contributed by atoms with van der Waals surface area (Å²) in [7, 11) is 0. The Bertz CT molecular complexity index is 302. The predicted octanol–water partition coefficient (Wildman–Crippen LogP) is -0.490. The molecule has 1 aliphatic carbocycles. The maximum atomic E-state index is 10.2. The van der Waals surface area contributed by atoms with Gasteiger partial charge in [-0.25, -0.2) is 0 Å². The van der Waals surface area contributed by atoms with E-state index in [4.69, 9.17) is 0 Å². The molecule has 1 aromatic rings. The number of hydrogen-bond donors (Lipinski definition) is 0. The van der Waals surface area contributed by atoms with Crippen LogP contribution in [0.3, 0.4) is 0 Å². The van der Waals surface area contributed by atoms with Gasteiger partial charge in [-0.2, -0.15) is 5.10 Å². The Morgan fingerprint density at radius 2 is 2.50 bits per heavy atom. The highest BCUT2D eigenvalue weighted by Crippen LogP contribution is 2.38. The second-order valence-corrected chi connectivity index (χ2v) is 3.08. The molecule has 0 radical (unpaired) electrons. The number of carboxylic acids is 1. The Kier molecular flexibility index (Phi) is 1.60. The van der Waals surface area contributed by atoms with Crippen LogP contribution in [-0.2, 0) is 11.3 Å². The van der Waals surface area contributed by atoms with Crippen LogP contribution in [0.5, 0.6) is 0 Å². The molecular weight excluding hydrogens is 156 g/mol. The van der Waals surface area contributed by atoms with Crippen LogP contribution in [-0.4, -0.2) is 15.7 Å². The van der Waals surface area contributed by atoms with Gasteiger partial charge in [-0.3, -0.25) is 4.68 Å². The number of carbonyl (C=O) groups is 1. The van der Waals surface area contributed by atoms with Crippen LogP contribution in [0, 0.1) is 0 Å². The van der Waals surface area contributed by atoms with Crippen molar-refractivity contribution in [3.63, 3.8) is 0 Å². The molecule has 1 aliphatic rings. The van der Waals surface area contributed by atoms with Crippen LogP contribution in [0.25, 0.3) is 0 Å². The molecule has 1 fully saturated rings. The lowest BCUT2D eigenvalue weighted by molar-refractivity contribution is -0.306. The molecule has 0 bridgehead atoms. The summed E-state index contributed by atoms with van der Waals surface area (Å²) in [6, 6.07) is 1.88. The van der Waals surface area contributed by atoms with E-state index in [1.807, 2.05) is 6.07 Å². The van der Waals surface area contributed by atoms with Gasteiger partial charge in [0.1, 0.15) is 0 Å². The normalized spacial score (nSPS) is 16.3. The molecule has 4 nitrogen and oxygen atoms in total. The second-order valence-electron chi connectivity index (χ2n) is 3.08. The van der Waals surface area contributed by atoms with E-state index in [1.54, 1.807) is 6.20 Å². The smallest absolute Gasteiger partial charge is 0.0804 e. The number of aromatic nitrogens is 2. The molecule has 0 aromatic carbocycles. The topological polar surface area (TPSA) is 57.9 Å². The lowest BCUT2D eigenvalue weighted by atomic mass is 10.3. The number of aliphatic carboxylic acids is 1. The van der Waals surface area contributed by atoms with E-state index in [2.05, 4.69) is 5.10 Å². The van der Waals surface area contributed by atoms with Crippen LogP contribution in [0.4, 0.5) is 0 Å². The van der Waals surface area contributed by atoms with E-state index in [1.165, 1.54) is 17.5 Å². The van der Waals surface area contributed by atoms with Crippen molar-refractivity contribution in [3.05, 3.63) is 18.0 Å². The summed E-state index contributed by atoms with van der Waals surface area (Å²) in [5, 5.41) is 14.3. The molecule has 1 aromatic heterocycles. The van der Waals surface area contributed by atoms with Gasteiger partial charge in [-0.05, 0) is 18.9 Å². The molecule has 4 heteroatoms. The van der Waals surface area contributed by atoms with Crippen LogP contribution in [0.15, 0.2) is 12.3 Å². The summed E-state index contributed by atoms with van der Waals surface area (Å²) in [4.78, 5) is 10.2. The van der Waals surface area contributed by atoms with Gasteiger partial charge in [0.2, 0.25) is 0 Å². The number of rotatable bonds is 3. The molecule has 0 atom stereocenters. The third-order valence-electron chi connectivity index (χ3n) is 1.95. The van der Waals surface area contributed by atoms with Crippen molar-refractivity contribution in [2.24, 2.45) is 0 Å². The fraction of sp³-hybridized carbons (Fsp3) is 0.500. The first-order valence-electron chi connectivity index (χ1n) is 3.99. The molecular formula is C8H9N2O2-. The van der Waals surface area contributed by atoms with E-state index in [-0.39, 0.29) is 6.54 Å². The fourth-order valence-corrected chi connectivity index (χ4v) is 1.19. The van der Waals surface area contributed by atoms with Crippen LogP contribution >= 0.6 is 0 Å². The minimum absolute atomic E-state index is 0.146. The van der Waals surface area contributed by atoms with Crippen molar-refractivity contribution in [1.29, 1.82) is 0 Å². The lowest BCUT2D eigenvalue weighted by Crippen LogP contribution is -2.27. The van der Waals surface area contributed by atoms with E-state index >= 15 is 0 Å².